The van der Waals surface area contributed by atoms with Crippen molar-refractivity contribution in [2.45, 2.75) is 13.8 Å². The Labute approximate surface area is 123 Å². The Morgan fingerprint density at radius 3 is 2.43 bits per heavy atom. The van der Waals surface area contributed by atoms with Crippen LogP contribution in [-0.2, 0) is 0 Å². The number of nitrogens with zero attached hydrogens (tertiary/aromatic N) is 2. The van der Waals surface area contributed by atoms with Crippen molar-refractivity contribution in [3.63, 3.8) is 0 Å². The second kappa shape index (κ2) is 5.26. The van der Waals surface area contributed by atoms with Gasteiger partial charge in [0.1, 0.15) is 5.82 Å². The fourth-order valence-corrected chi connectivity index (χ4v) is 2.53. The normalized spacial score (nSPS) is 10.3. The van der Waals surface area contributed by atoms with E-state index in [9.17, 15) is 5.26 Å². The highest BCUT2D eigenvalue weighted by Crippen LogP contribution is 2.23. The molecule has 3 aromatic rings. The van der Waals surface area contributed by atoms with Crippen molar-refractivity contribution in [3.05, 3.63) is 65.2 Å². The molecule has 1 aromatic heterocycles. The quantitative estimate of drug-likeness (QED) is 0.749. The molecule has 0 aliphatic rings. The van der Waals surface area contributed by atoms with Gasteiger partial charge >= 0.3 is 0 Å². The molecule has 1 heterocycles. The third kappa shape index (κ3) is 2.70. The highest BCUT2D eigenvalue weighted by Gasteiger charge is 2.05. The van der Waals surface area contributed by atoms with Crippen molar-refractivity contribution >= 4 is 22.4 Å². The summed E-state index contributed by atoms with van der Waals surface area (Å²) in [5, 5.41) is 13.5. The zero-order chi connectivity index (χ0) is 14.8. The molecule has 0 unspecified atom stereocenters. The number of benzene rings is 2. The molecule has 2 aromatic carbocycles. The number of pyridine rings is 1. The lowest BCUT2D eigenvalue weighted by Gasteiger charge is -2.09. The number of aryl methyl sites for hydroxylation is 2. The van der Waals surface area contributed by atoms with Gasteiger partial charge in [0.15, 0.2) is 0 Å². The summed E-state index contributed by atoms with van der Waals surface area (Å²) in [6.45, 7) is 4.12. The maximum atomic E-state index is 9.31. The molecule has 0 spiro atoms. The second-order valence-corrected chi connectivity index (χ2v) is 5.19. The first kappa shape index (κ1) is 13.1. The van der Waals surface area contributed by atoms with Crippen LogP contribution in [0.25, 0.3) is 10.9 Å². The minimum absolute atomic E-state index is 0.632. The van der Waals surface area contributed by atoms with Gasteiger partial charge in [-0.25, -0.2) is 4.98 Å². The fraction of sp³-hybridized carbons (Fsp3) is 0.111. The lowest BCUT2D eigenvalue weighted by Crippen LogP contribution is -1.96. The Morgan fingerprint density at radius 1 is 1.00 bits per heavy atom. The summed E-state index contributed by atoms with van der Waals surface area (Å²) in [6, 6.07) is 18.0. The molecule has 0 fully saturated rings. The van der Waals surface area contributed by atoms with Crippen molar-refractivity contribution in [1.82, 2.24) is 4.98 Å². The van der Waals surface area contributed by atoms with E-state index >= 15 is 0 Å². The van der Waals surface area contributed by atoms with E-state index in [0.29, 0.717) is 11.4 Å². The zero-order valence-electron chi connectivity index (χ0n) is 12.0. The average Bonchev–Trinajstić information content (AvgIpc) is 2.45. The first-order chi connectivity index (χ1) is 10.2. The summed E-state index contributed by atoms with van der Waals surface area (Å²) in [4.78, 5) is 4.58. The summed E-state index contributed by atoms with van der Waals surface area (Å²) in [5.74, 6) is 0.690. The maximum Gasteiger partial charge on any atom is 0.132 e. The lowest BCUT2D eigenvalue weighted by atomic mass is 10.1. The van der Waals surface area contributed by atoms with E-state index in [1.54, 1.807) is 6.07 Å². The van der Waals surface area contributed by atoms with Crippen molar-refractivity contribution < 1.29 is 0 Å². The van der Waals surface area contributed by atoms with Crippen LogP contribution in [0.4, 0.5) is 11.5 Å². The first-order valence-electron chi connectivity index (χ1n) is 6.81. The SMILES string of the molecule is Cc1cc(C)cc(Nc2cc(C#N)c3ccccc3n2)c1. The Kier molecular flexibility index (Phi) is 3.29. The van der Waals surface area contributed by atoms with Crippen LogP contribution in [0.2, 0.25) is 0 Å². The molecule has 1 N–H and O–H groups in total. The van der Waals surface area contributed by atoms with E-state index in [1.807, 2.05) is 24.3 Å². The molecule has 0 saturated heterocycles. The van der Waals surface area contributed by atoms with Crippen molar-refractivity contribution in [3.8, 4) is 6.07 Å². The minimum atomic E-state index is 0.632. The van der Waals surface area contributed by atoms with Gasteiger partial charge in [0.05, 0.1) is 17.1 Å². The standard InChI is InChI=1S/C18H15N3/c1-12-7-13(2)9-15(8-12)20-18-10-14(11-19)16-5-3-4-6-17(16)21-18/h3-10H,1-2H3,(H,20,21). The molecule has 0 atom stereocenters. The third-order valence-corrected chi connectivity index (χ3v) is 3.33. The summed E-state index contributed by atoms with van der Waals surface area (Å²) in [7, 11) is 0. The number of aromatic nitrogens is 1. The predicted molar refractivity (Wildman–Crippen MR) is 85.7 cm³/mol. The number of fused-ring (bicyclic) bond motifs is 1. The molecule has 0 aliphatic carbocycles. The average molecular weight is 273 g/mol. The molecule has 0 saturated carbocycles. The number of rotatable bonds is 2. The van der Waals surface area contributed by atoms with Gasteiger partial charge in [0.25, 0.3) is 0 Å². The molecule has 3 rings (SSSR count). The van der Waals surface area contributed by atoms with Crippen LogP contribution in [0.1, 0.15) is 16.7 Å². The summed E-state index contributed by atoms with van der Waals surface area (Å²) < 4.78 is 0. The highest BCUT2D eigenvalue weighted by molar-refractivity contribution is 5.86. The van der Waals surface area contributed by atoms with Gasteiger partial charge in [0.2, 0.25) is 0 Å². The molecule has 3 heteroatoms. The van der Waals surface area contributed by atoms with Gasteiger partial charge in [0, 0.05) is 11.1 Å². The number of nitriles is 1. The fourth-order valence-electron chi connectivity index (χ4n) is 2.53. The number of para-hydroxylation sites is 1. The molecule has 0 amide bonds. The van der Waals surface area contributed by atoms with Gasteiger partial charge in [-0.3, -0.25) is 0 Å². The smallest absolute Gasteiger partial charge is 0.132 e. The van der Waals surface area contributed by atoms with E-state index < -0.39 is 0 Å². The van der Waals surface area contributed by atoms with Gasteiger partial charge < -0.3 is 5.32 Å². The Hall–Kier alpha value is -2.86. The van der Waals surface area contributed by atoms with Gasteiger partial charge in [-0.05, 0) is 49.2 Å². The molecular formula is C18H15N3. The largest absolute Gasteiger partial charge is 0.340 e. The Balaban J connectivity index is 2.07. The first-order valence-corrected chi connectivity index (χ1v) is 6.81. The Bertz CT molecular complexity index is 840. The zero-order valence-corrected chi connectivity index (χ0v) is 12.0. The van der Waals surface area contributed by atoms with Crippen molar-refractivity contribution in [1.29, 1.82) is 5.26 Å². The second-order valence-electron chi connectivity index (χ2n) is 5.19. The molecule has 102 valence electrons. The van der Waals surface area contributed by atoms with E-state index in [0.717, 1.165) is 16.6 Å². The molecule has 3 nitrogen and oxygen atoms in total. The van der Waals surface area contributed by atoms with E-state index in [1.165, 1.54) is 11.1 Å². The van der Waals surface area contributed by atoms with Gasteiger partial charge in [-0.1, -0.05) is 24.3 Å². The van der Waals surface area contributed by atoms with Crippen LogP contribution < -0.4 is 5.32 Å². The number of hydrogen-bond donors (Lipinski definition) is 1. The minimum Gasteiger partial charge on any atom is -0.340 e. The van der Waals surface area contributed by atoms with Crippen molar-refractivity contribution in [2.24, 2.45) is 0 Å². The predicted octanol–water partition coefficient (Wildman–Crippen LogP) is 4.47. The lowest BCUT2D eigenvalue weighted by molar-refractivity contribution is 1.33. The van der Waals surface area contributed by atoms with Crippen LogP contribution in [0.5, 0.6) is 0 Å². The van der Waals surface area contributed by atoms with Gasteiger partial charge in [-0.15, -0.1) is 0 Å². The van der Waals surface area contributed by atoms with Crippen LogP contribution in [-0.4, -0.2) is 4.98 Å². The summed E-state index contributed by atoms with van der Waals surface area (Å²) in [5.41, 5.74) is 4.83. The van der Waals surface area contributed by atoms with E-state index in [2.05, 4.69) is 48.4 Å². The highest BCUT2D eigenvalue weighted by atomic mass is 15.0. The molecule has 0 aliphatic heterocycles. The van der Waals surface area contributed by atoms with E-state index in [4.69, 9.17) is 0 Å². The van der Waals surface area contributed by atoms with E-state index in [-0.39, 0.29) is 0 Å². The molecule has 0 radical (unpaired) electrons. The number of hydrogen-bond acceptors (Lipinski definition) is 3. The van der Waals surface area contributed by atoms with Crippen molar-refractivity contribution in [2.75, 3.05) is 5.32 Å². The number of anilines is 2. The Morgan fingerprint density at radius 2 is 1.71 bits per heavy atom. The van der Waals surface area contributed by atoms with Crippen LogP contribution in [0, 0.1) is 25.2 Å². The monoisotopic (exact) mass is 273 g/mol. The molecule has 21 heavy (non-hydrogen) atoms. The number of nitrogens with one attached hydrogen (secondary N) is 1. The molecule has 0 bridgehead atoms. The van der Waals surface area contributed by atoms with Gasteiger partial charge in [-0.2, -0.15) is 5.26 Å². The molecular weight excluding hydrogens is 258 g/mol. The third-order valence-electron chi connectivity index (χ3n) is 3.33. The topological polar surface area (TPSA) is 48.7 Å². The van der Waals surface area contributed by atoms with Crippen LogP contribution in [0.15, 0.2) is 48.5 Å². The summed E-state index contributed by atoms with van der Waals surface area (Å²) >= 11 is 0. The van der Waals surface area contributed by atoms with Crippen LogP contribution in [0.3, 0.4) is 0 Å². The summed E-state index contributed by atoms with van der Waals surface area (Å²) in [6.07, 6.45) is 0. The van der Waals surface area contributed by atoms with Crippen LogP contribution >= 0.6 is 0 Å². The maximum absolute atomic E-state index is 9.31.